The first-order chi connectivity index (χ1) is 13.6. The van der Waals surface area contributed by atoms with Crippen LogP contribution in [-0.2, 0) is 0 Å². The van der Waals surface area contributed by atoms with Crippen LogP contribution in [-0.4, -0.2) is 28.8 Å². The van der Waals surface area contributed by atoms with E-state index in [-0.39, 0.29) is 11.6 Å². The zero-order valence-electron chi connectivity index (χ0n) is 15.1. The first-order valence-corrected chi connectivity index (χ1v) is 8.40. The fraction of sp³-hybridized carbons (Fsp3) is 0.100. The van der Waals surface area contributed by atoms with Crippen LogP contribution < -0.4 is 14.8 Å². The van der Waals surface area contributed by atoms with Gasteiger partial charge in [-0.05, 0) is 48.5 Å². The third-order valence-electron chi connectivity index (χ3n) is 4.25. The molecule has 2 aromatic carbocycles. The van der Waals surface area contributed by atoms with Gasteiger partial charge in [0, 0.05) is 5.56 Å². The highest BCUT2D eigenvalue weighted by atomic mass is 19.1. The molecular weight excluding hydrogens is 366 g/mol. The zero-order chi connectivity index (χ0) is 19.7. The fourth-order valence-corrected chi connectivity index (χ4v) is 2.88. The molecule has 4 rings (SSSR count). The molecule has 0 aliphatic rings. The van der Waals surface area contributed by atoms with Gasteiger partial charge < -0.3 is 14.8 Å². The third kappa shape index (κ3) is 3.09. The van der Waals surface area contributed by atoms with Crippen LogP contribution in [0, 0.1) is 11.6 Å². The number of hydrogen-bond donors (Lipinski definition) is 1. The van der Waals surface area contributed by atoms with Gasteiger partial charge in [-0.15, -0.1) is 5.10 Å². The Morgan fingerprint density at radius 3 is 2.43 bits per heavy atom. The zero-order valence-corrected chi connectivity index (χ0v) is 15.1. The average Bonchev–Trinajstić information content (AvgIpc) is 3.13. The molecular formula is C20H16F2N4O2. The fourth-order valence-electron chi connectivity index (χ4n) is 2.88. The van der Waals surface area contributed by atoms with Crippen molar-refractivity contribution in [1.82, 2.24) is 14.6 Å². The predicted octanol–water partition coefficient (Wildman–Crippen LogP) is 4.44. The summed E-state index contributed by atoms with van der Waals surface area (Å²) in [6.45, 7) is 0. The van der Waals surface area contributed by atoms with E-state index >= 15 is 0 Å². The minimum Gasteiger partial charge on any atom is -0.497 e. The molecule has 2 aromatic heterocycles. The van der Waals surface area contributed by atoms with Crippen LogP contribution >= 0.6 is 0 Å². The first kappa shape index (κ1) is 17.7. The number of nitrogens with one attached hydrogen (secondary N) is 1. The average molecular weight is 382 g/mol. The standard InChI is InChI=1S/C20H16F2N4O2/c1-27-13-8-6-12(7-9-13)16-4-3-5-17-24-20(25-26(16)17)23-15-11-10-14(21)19(28-2)18(15)22/h3-11H,1-2H3,(H,23,25). The van der Waals surface area contributed by atoms with Gasteiger partial charge in [-0.3, -0.25) is 0 Å². The molecule has 0 unspecified atom stereocenters. The van der Waals surface area contributed by atoms with E-state index in [1.807, 2.05) is 36.4 Å². The van der Waals surface area contributed by atoms with Gasteiger partial charge in [0.1, 0.15) is 5.75 Å². The smallest absolute Gasteiger partial charge is 0.247 e. The summed E-state index contributed by atoms with van der Waals surface area (Å²) < 4.78 is 39.6. The Balaban J connectivity index is 1.73. The Bertz CT molecular complexity index is 1140. The highest BCUT2D eigenvalue weighted by molar-refractivity contribution is 5.65. The van der Waals surface area contributed by atoms with E-state index in [0.29, 0.717) is 5.65 Å². The number of benzene rings is 2. The molecule has 142 valence electrons. The quantitative estimate of drug-likeness (QED) is 0.553. The van der Waals surface area contributed by atoms with Gasteiger partial charge in [-0.2, -0.15) is 4.98 Å². The lowest BCUT2D eigenvalue weighted by atomic mass is 10.1. The summed E-state index contributed by atoms with van der Waals surface area (Å²) in [4.78, 5) is 4.36. The lowest BCUT2D eigenvalue weighted by Crippen LogP contribution is -2.00. The largest absolute Gasteiger partial charge is 0.497 e. The molecule has 0 saturated carbocycles. The molecule has 8 heteroatoms. The number of aromatic nitrogens is 3. The normalized spacial score (nSPS) is 10.9. The number of methoxy groups -OCH3 is 2. The van der Waals surface area contributed by atoms with Crippen LogP contribution in [0.25, 0.3) is 16.9 Å². The summed E-state index contributed by atoms with van der Waals surface area (Å²) >= 11 is 0. The van der Waals surface area contributed by atoms with Crippen molar-refractivity contribution in [3.8, 4) is 22.8 Å². The van der Waals surface area contributed by atoms with Crippen LogP contribution in [0.1, 0.15) is 0 Å². The molecule has 0 aliphatic heterocycles. The molecule has 4 aromatic rings. The summed E-state index contributed by atoms with van der Waals surface area (Å²) in [5.41, 5.74) is 2.31. The van der Waals surface area contributed by atoms with Crippen molar-refractivity contribution in [1.29, 1.82) is 0 Å². The first-order valence-electron chi connectivity index (χ1n) is 8.40. The number of fused-ring (bicyclic) bond motifs is 1. The Morgan fingerprint density at radius 2 is 1.71 bits per heavy atom. The Labute approximate surface area is 159 Å². The van der Waals surface area contributed by atoms with E-state index in [1.165, 1.54) is 13.2 Å². The summed E-state index contributed by atoms with van der Waals surface area (Å²) in [6, 6.07) is 15.4. The van der Waals surface area contributed by atoms with E-state index in [2.05, 4.69) is 15.4 Å². The maximum Gasteiger partial charge on any atom is 0.247 e. The van der Waals surface area contributed by atoms with Crippen molar-refractivity contribution in [3.05, 3.63) is 66.2 Å². The lowest BCUT2D eigenvalue weighted by molar-refractivity contribution is 0.361. The number of nitrogens with zero attached hydrogens (tertiary/aromatic N) is 3. The van der Waals surface area contributed by atoms with Crippen LogP contribution in [0.4, 0.5) is 20.4 Å². The van der Waals surface area contributed by atoms with Crippen LogP contribution in [0.3, 0.4) is 0 Å². The number of halogens is 2. The van der Waals surface area contributed by atoms with E-state index in [0.717, 1.165) is 23.1 Å². The van der Waals surface area contributed by atoms with Crippen LogP contribution in [0.2, 0.25) is 0 Å². The predicted molar refractivity (Wildman–Crippen MR) is 101 cm³/mol. The van der Waals surface area contributed by atoms with E-state index in [4.69, 9.17) is 9.47 Å². The van der Waals surface area contributed by atoms with Crippen molar-refractivity contribution in [2.24, 2.45) is 0 Å². The Morgan fingerprint density at radius 1 is 0.929 bits per heavy atom. The lowest BCUT2D eigenvalue weighted by Gasteiger charge is -2.08. The van der Waals surface area contributed by atoms with E-state index < -0.39 is 17.4 Å². The van der Waals surface area contributed by atoms with E-state index in [9.17, 15) is 8.78 Å². The minimum atomic E-state index is -0.850. The maximum absolute atomic E-state index is 14.4. The molecule has 0 atom stereocenters. The summed E-state index contributed by atoms with van der Waals surface area (Å²) in [5.74, 6) is -1.18. The molecule has 6 nitrogen and oxygen atoms in total. The van der Waals surface area contributed by atoms with E-state index in [1.54, 1.807) is 17.7 Å². The number of rotatable bonds is 5. The Hall–Kier alpha value is -3.68. The van der Waals surface area contributed by atoms with Crippen molar-refractivity contribution in [3.63, 3.8) is 0 Å². The number of ether oxygens (including phenoxy) is 2. The summed E-state index contributed by atoms with van der Waals surface area (Å²) in [6.07, 6.45) is 0. The highest BCUT2D eigenvalue weighted by Gasteiger charge is 2.16. The SMILES string of the molecule is COc1ccc(-c2cccc3nc(Nc4ccc(F)c(OC)c4F)nn23)cc1. The number of pyridine rings is 1. The van der Waals surface area contributed by atoms with Crippen molar-refractivity contribution in [2.45, 2.75) is 0 Å². The number of anilines is 2. The molecule has 2 heterocycles. The van der Waals surface area contributed by atoms with Crippen molar-refractivity contribution in [2.75, 3.05) is 19.5 Å². The monoisotopic (exact) mass is 382 g/mol. The van der Waals surface area contributed by atoms with Gasteiger partial charge in [0.25, 0.3) is 0 Å². The van der Waals surface area contributed by atoms with Gasteiger partial charge in [-0.1, -0.05) is 6.07 Å². The Kier molecular flexibility index (Phi) is 4.52. The molecule has 0 saturated heterocycles. The highest BCUT2D eigenvalue weighted by Crippen LogP contribution is 2.29. The van der Waals surface area contributed by atoms with Crippen molar-refractivity contribution < 1.29 is 18.3 Å². The van der Waals surface area contributed by atoms with Gasteiger partial charge in [0.15, 0.2) is 23.0 Å². The minimum absolute atomic E-state index is 0.0140. The van der Waals surface area contributed by atoms with Gasteiger partial charge >= 0.3 is 0 Å². The molecule has 28 heavy (non-hydrogen) atoms. The summed E-state index contributed by atoms with van der Waals surface area (Å²) in [7, 11) is 2.81. The molecule has 0 fully saturated rings. The second kappa shape index (κ2) is 7.15. The summed E-state index contributed by atoms with van der Waals surface area (Å²) in [5, 5.41) is 7.18. The van der Waals surface area contributed by atoms with Gasteiger partial charge in [0.2, 0.25) is 5.95 Å². The van der Waals surface area contributed by atoms with Gasteiger partial charge in [0.05, 0.1) is 25.6 Å². The molecule has 1 N–H and O–H groups in total. The van der Waals surface area contributed by atoms with Crippen LogP contribution in [0.5, 0.6) is 11.5 Å². The second-order valence-electron chi connectivity index (χ2n) is 5.91. The molecule has 0 aliphatic carbocycles. The maximum atomic E-state index is 14.4. The molecule has 0 bridgehead atoms. The number of hydrogen-bond acceptors (Lipinski definition) is 5. The third-order valence-corrected chi connectivity index (χ3v) is 4.25. The van der Waals surface area contributed by atoms with Gasteiger partial charge in [-0.25, -0.2) is 13.3 Å². The van der Waals surface area contributed by atoms with Crippen molar-refractivity contribution >= 4 is 17.3 Å². The topological polar surface area (TPSA) is 60.7 Å². The second-order valence-corrected chi connectivity index (χ2v) is 5.91. The van der Waals surface area contributed by atoms with Crippen LogP contribution in [0.15, 0.2) is 54.6 Å². The molecule has 0 radical (unpaired) electrons. The molecule has 0 spiro atoms. The molecule has 0 amide bonds.